The maximum Gasteiger partial charge on any atom is 0.133 e. The largest absolute Gasteiger partial charge is 0.307 e. The van der Waals surface area contributed by atoms with Crippen LogP contribution in [-0.2, 0) is 4.79 Å². The van der Waals surface area contributed by atoms with E-state index in [1.807, 2.05) is 0 Å². The van der Waals surface area contributed by atoms with Crippen molar-refractivity contribution in [3.05, 3.63) is 0 Å². The molecule has 0 heterocycles. The zero-order chi connectivity index (χ0) is 6.53. The summed E-state index contributed by atoms with van der Waals surface area (Å²) >= 11 is 0. The van der Waals surface area contributed by atoms with Crippen molar-refractivity contribution in [3.8, 4) is 0 Å². The average molecular weight is 127 g/mol. The Hall–Kier alpha value is -0.370. The highest BCUT2D eigenvalue weighted by Crippen LogP contribution is 2.16. The molecule has 1 N–H and O–H groups in total. The van der Waals surface area contributed by atoms with Crippen LogP contribution in [-0.4, -0.2) is 18.9 Å². The molecule has 0 aromatic heterocycles. The molecule has 0 unspecified atom stereocenters. The summed E-state index contributed by atoms with van der Waals surface area (Å²) in [5, 5.41) is 3.16. The van der Waals surface area contributed by atoms with Gasteiger partial charge in [-0.05, 0) is 12.8 Å². The van der Waals surface area contributed by atoms with Gasteiger partial charge in [-0.15, -0.1) is 0 Å². The van der Waals surface area contributed by atoms with Gasteiger partial charge in [-0.1, -0.05) is 12.8 Å². The number of hydrogen-bond donors (Lipinski definition) is 1. The molecule has 1 saturated carbocycles. The van der Waals surface area contributed by atoms with E-state index in [4.69, 9.17) is 0 Å². The molecule has 0 spiro atoms. The first-order valence-electron chi connectivity index (χ1n) is 3.60. The van der Waals surface area contributed by atoms with Gasteiger partial charge in [-0.25, -0.2) is 0 Å². The lowest BCUT2D eigenvalue weighted by Crippen LogP contribution is -2.27. The third kappa shape index (κ3) is 2.14. The van der Waals surface area contributed by atoms with Crippen LogP contribution in [0.1, 0.15) is 25.7 Å². The van der Waals surface area contributed by atoms with E-state index in [2.05, 4.69) is 5.32 Å². The monoisotopic (exact) mass is 127 g/mol. The van der Waals surface area contributed by atoms with Crippen LogP contribution in [0.15, 0.2) is 0 Å². The molecular formula is C7H13NO. The molecule has 52 valence electrons. The van der Waals surface area contributed by atoms with Gasteiger partial charge in [0.15, 0.2) is 0 Å². The first-order valence-corrected chi connectivity index (χ1v) is 3.60. The van der Waals surface area contributed by atoms with Gasteiger partial charge in [0.1, 0.15) is 6.29 Å². The van der Waals surface area contributed by atoms with Crippen LogP contribution in [0.25, 0.3) is 0 Å². The summed E-state index contributed by atoms with van der Waals surface area (Å²) in [6, 6.07) is 0.634. The van der Waals surface area contributed by atoms with Gasteiger partial charge in [0.2, 0.25) is 0 Å². The molecule has 1 fully saturated rings. The average Bonchev–Trinajstić information content (AvgIpc) is 2.34. The van der Waals surface area contributed by atoms with E-state index < -0.39 is 0 Å². The zero-order valence-corrected chi connectivity index (χ0v) is 5.60. The highest BCUT2D eigenvalue weighted by molar-refractivity contribution is 5.51. The summed E-state index contributed by atoms with van der Waals surface area (Å²) < 4.78 is 0. The number of nitrogens with one attached hydrogen (secondary N) is 1. The minimum atomic E-state index is 0.532. The molecule has 0 atom stereocenters. The number of rotatable bonds is 3. The molecule has 0 amide bonds. The second-order valence-corrected chi connectivity index (χ2v) is 2.56. The fourth-order valence-corrected chi connectivity index (χ4v) is 1.34. The Bertz CT molecular complexity index is 86.9. The van der Waals surface area contributed by atoms with Gasteiger partial charge in [0.25, 0.3) is 0 Å². The number of aldehydes is 1. The fraction of sp³-hybridized carbons (Fsp3) is 0.857. The van der Waals surface area contributed by atoms with Crippen LogP contribution in [0.2, 0.25) is 0 Å². The van der Waals surface area contributed by atoms with Gasteiger partial charge in [-0.2, -0.15) is 0 Å². The Kier molecular flexibility index (Phi) is 2.71. The Labute approximate surface area is 55.6 Å². The summed E-state index contributed by atoms with van der Waals surface area (Å²) in [5.41, 5.74) is 0. The molecule has 2 heteroatoms. The lowest BCUT2D eigenvalue weighted by molar-refractivity contribution is -0.107. The lowest BCUT2D eigenvalue weighted by Gasteiger charge is -2.06. The number of carbonyl (C=O) groups is 1. The van der Waals surface area contributed by atoms with E-state index in [-0.39, 0.29) is 0 Å². The molecule has 2 nitrogen and oxygen atoms in total. The van der Waals surface area contributed by atoms with E-state index in [9.17, 15) is 4.79 Å². The summed E-state index contributed by atoms with van der Waals surface area (Å²) in [5.74, 6) is 0. The topological polar surface area (TPSA) is 29.1 Å². The second kappa shape index (κ2) is 3.62. The van der Waals surface area contributed by atoms with Gasteiger partial charge in [0.05, 0.1) is 6.54 Å². The van der Waals surface area contributed by atoms with E-state index in [1.54, 1.807) is 0 Å². The van der Waals surface area contributed by atoms with Crippen LogP contribution in [0.3, 0.4) is 0 Å². The normalized spacial score (nSPS) is 20.4. The van der Waals surface area contributed by atoms with Crippen LogP contribution < -0.4 is 5.32 Å². The van der Waals surface area contributed by atoms with Crippen molar-refractivity contribution in [1.29, 1.82) is 0 Å². The molecule has 1 rings (SSSR count). The fourth-order valence-electron chi connectivity index (χ4n) is 1.34. The SMILES string of the molecule is O=CCNC1CCCC1. The van der Waals surface area contributed by atoms with Crippen molar-refractivity contribution >= 4 is 6.29 Å². The van der Waals surface area contributed by atoms with Crippen molar-refractivity contribution in [1.82, 2.24) is 5.32 Å². The Balaban J connectivity index is 2.04. The third-order valence-corrected chi connectivity index (χ3v) is 1.85. The summed E-state index contributed by atoms with van der Waals surface area (Å²) in [7, 11) is 0. The molecule has 0 aliphatic heterocycles. The van der Waals surface area contributed by atoms with E-state index >= 15 is 0 Å². The van der Waals surface area contributed by atoms with E-state index in [1.165, 1.54) is 25.7 Å². The molecule has 1 aliphatic carbocycles. The van der Waals surface area contributed by atoms with Gasteiger partial charge >= 0.3 is 0 Å². The summed E-state index contributed by atoms with van der Waals surface area (Å²) in [6.45, 7) is 0.532. The van der Waals surface area contributed by atoms with E-state index in [0.29, 0.717) is 12.6 Å². The minimum Gasteiger partial charge on any atom is -0.307 e. The second-order valence-electron chi connectivity index (χ2n) is 2.56. The van der Waals surface area contributed by atoms with Crippen LogP contribution in [0.5, 0.6) is 0 Å². The maximum atomic E-state index is 9.90. The summed E-state index contributed by atoms with van der Waals surface area (Å²) in [6.07, 6.45) is 6.10. The molecule has 0 radical (unpaired) electrons. The smallest absolute Gasteiger partial charge is 0.133 e. The molecule has 1 aliphatic rings. The molecule has 0 aromatic rings. The molecular weight excluding hydrogens is 114 g/mol. The van der Waals surface area contributed by atoms with Crippen molar-refractivity contribution in [3.63, 3.8) is 0 Å². The quantitative estimate of drug-likeness (QED) is 0.566. The minimum absolute atomic E-state index is 0.532. The van der Waals surface area contributed by atoms with Crippen molar-refractivity contribution in [2.45, 2.75) is 31.7 Å². The molecule has 0 aromatic carbocycles. The molecule has 0 saturated heterocycles. The Morgan fingerprint density at radius 3 is 2.67 bits per heavy atom. The lowest BCUT2D eigenvalue weighted by atomic mass is 10.2. The van der Waals surface area contributed by atoms with Gasteiger partial charge in [0, 0.05) is 6.04 Å². The predicted molar refractivity (Wildman–Crippen MR) is 36.3 cm³/mol. The third-order valence-electron chi connectivity index (χ3n) is 1.85. The summed E-state index contributed by atoms with van der Waals surface area (Å²) in [4.78, 5) is 9.90. The predicted octanol–water partition coefficient (Wildman–Crippen LogP) is 0.718. The molecule has 9 heavy (non-hydrogen) atoms. The van der Waals surface area contributed by atoms with Crippen molar-refractivity contribution < 1.29 is 4.79 Å². The first kappa shape index (κ1) is 6.75. The molecule has 0 bridgehead atoms. The standard InChI is InChI=1S/C7H13NO/c9-6-5-8-7-3-1-2-4-7/h6-8H,1-5H2. The van der Waals surface area contributed by atoms with E-state index in [0.717, 1.165) is 6.29 Å². The van der Waals surface area contributed by atoms with Crippen LogP contribution in [0, 0.1) is 0 Å². The van der Waals surface area contributed by atoms with Crippen LogP contribution in [0.4, 0.5) is 0 Å². The Morgan fingerprint density at radius 1 is 1.44 bits per heavy atom. The van der Waals surface area contributed by atoms with Crippen molar-refractivity contribution in [2.75, 3.05) is 6.54 Å². The maximum absolute atomic E-state index is 9.90. The number of hydrogen-bond acceptors (Lipinski definition) is 2. The number of carbonyl (C=O) groups excluding carboxylic acids is 1. The van der Waals surface area contributed by atoms with Crippen molar-refractivity contribution in [2.24, 2.45) is 0 Å². The highest BCUT2D eigenvalue weighted by Gasteiger charge is 2.12. The Morgan fingerprint density at radius 2 is 2.11 bits per heavy atom. The van der Waals surface area contributed by atoms with Gasteiger partial charge < -0.3 is 10.1 Å². The first-order chi connectivity index (χ1) is 4.43. The highest BCUT2D eigenvalue weighted by atomic mass is 16.1. The van der Waals surface area contributed by atoms with Gasteiger partial charge in [-0.3, -0.25) is 0 Å². The zero-order valence-electron chi connectivity index (χ0n) is 5.60. The van der Waals surface area contributed by atoms with Crippen LogP contribution >= 0.6 is 0 Å².